The molecule has 12 nitrogen and oxygen atoms in total. The topological polar surface area (TPSA) is 183 Å². The summed E-state index contributed by atoms with van der Waals surface area (Å²) in [5, 5.41) is 31.2. The van der Waals surface area contributed by atoms with Gasteiger partial charge in [-0.15, -0.1) is 10.2 Å². The molecule has 0 bridgehead atoms. The van der Waals surface area contributed by atoms with E-state index in [1.807, 2.05) is 71.6 Å². The summed E-state index contributed by atoms with van der Waals surface area (Å²) in [6, 6.07) is 37.4. The first-order chi connectivity index (χ1) is 25.8. The van der Waals surface area contributed by atoms with E-state index in [0.29, 0.717) is 27.9 Å². The van der Waals surface area contributed by atoms with Crippen molar-refractivity contribution in [2.24, 2.45) is 21.7 Å². The number of carbonyl (C=O) groups excluding carboxylic acids is 2. The van der Waals surface area contributed by atoms with E-state index in [9.17, 15) is 20.1 Å². The van der Waals surface area contributed by atoms with Crippen molar-refractivity contribution in [1.29, 1.82) is 10.5 Å². The molecular formula is C39H24N8O4S2. The molecular weight excluding hydrogens is 709 g/mol. The molecule has 4 aliphatic heterocycles. The molecule has 0 radical (unpaired) electrons. The highest BCUT2D eigenvalue weighted by molar-refractivity contribution is 8.17. The summed E-state index contributed by atoms with van der Waals surface area (Å²) in [4.78, 5) is 32.7. The summed E-state index contributed by atoms with van der Waals surface area (Å²) < 4.78 is 9.81. The number of nitrogens with zero attached hydrogens (tertiary/aromatic N) is 6. The molecule has 0 amide bonds. The highest BCUT2D eigenvalue weighted by Gasteiger charge is 2.81. The van der Waals surface area contributed by atoms with E-state index < -0.39 is 20.9 Å². The molecule has 4 aromatic carbocycles. The number of Topliss-reactive ketones (excluding diaryl/α,β-unsaturated/α-hetero) is 2. The molecule has 2 saturated heterocycles. The van der Waals surface area contributed by atoms with E-state index in [1.54, 1.807) is 47.4 Å². The number of carbonyl (C=O) groups is 2. The maximum absolute atomic E-state index is 14.6. The Morgan fingerprint density at radius 1 is 0.642 bits per heavy atom. The van der Waals surface area contributed by atoms with Gasteiger partial charge in [0.2, 0.25) is 23.2 Å². The summed E-state index contributed by atoms with van der Waals surface area (Å²) in [5.74, 6) is -0.943. The molecule has 0 unspecified atom stereocenters. The number of hydrogen-bond acceptors (Lipinski definition) is 12. The van der Waals surface area contributed by atoms with Gasteiger partial charge in [-0.3, -0.25) is 14.5 Å². The maximum Gasteiger partial charge on any atom is 0.245 e. The Morgan fingerprint density at radius 3 is 1.72 bits per heavy atom. The Morgan fingerprint density at radius 2 is 1.11 bits per heavy atom. The molecule has 10 rings (SSSR count). The van der Waals surface area contributed by atoms with Crippen LogP contribution in [-0.4, -0.2) is 36.3 Å². The van der Waals surface area contributed by atoms with Crippen LogP contribution >= 0.6 is 23.5 Å². The number of ether oxygens (including phenoxy) is 2. The van der Waals surface area contributed by atoms with Crippen LogP contribution in [0, 0.1) is 22.7 Å². The van der Waals surface area contributed by atoms with E-state index in [4.69, 9.17) is 31.1 Å². The highest BCUT2D eigenvalue weighted by Crippen LogP contribution is 2.70. The van der Waals surface area contributed by atoms with Crippen LogP contribution in [0.2, 0.25) is 0 Å². The van der Waals surface area contributed by atoms with Gasteiger partial charge in [0.1, 0.15) is 23.3 Å². The number of nitrogens with two attached hydrogens (primary N) is 2. The summed E-state index contributed by atoms with van der Waals surface area (Å²) in [7, 11) is 0. The van der Waals surface area contributed by atoms with Crippen molar-refractivity contribution in [3.05, 3.63) is 160 Å². The second-order valence-electron chi connectivity index (χ2n) is 13.0. The van der Waals surface area contributed by atoms with Crippen molar-refractivity contribution in [1.82, 2.24) is 4.90 Å². The van der Waals surface area contributed by atoms with E-state index in [0.717, 1.165) is 29.1 Å². The number of thioether (sulfide) groups is 2. The first kappa shape index (κ1) is 31.3. The number of amidine groups is 2. The number of benzene rings is 4. The predicted octanol–water partition coefficient (Wildman–Crippen LogP) is 5.14. The van der Waals surface area contributed by atoms with Crippen LogP contribution in [0.1, 0.15) is 37.4 Å². The van der Waals surface area contributed by atoms with Gasteiger partial charge >= 0.3 is 0 Å². The zero-order chi connectivity index (χ0) is 36.3. The van der Waals surface area contributed by atoms with Gasteiger partial charge in [0, 0.05) is 34.5 Å². The third-order valence-corrected chi connectivity index (χ3v) is 13.5. The number of fused-ring (bicyclic) bond motifs is 2. The number of rotatable bonds is 4. The van der Waals surface area contributed by atoms with Crippen molar-refractivity contribution in [3.63, 3.8) is 0 Å². The molecule has 14 heteroatoms. The monoisotopic (exact) mass is 732 g/mol. The van der Waals surface area contributed by atoms with Crippen LogP contribution in [0.3, 0.4) is 0 Å². The summed E-state index contributed by atoms with van der Waals surface area (Å²) in [5.41, 5.74) is 13.0. The fraction of sp³-hybridized carbons (Fsp3) is 0.128. The first-order valence-electron chi connectivity index (χ1n) is 16.5. The van der Waals surface area contributed by atoms with Crippen LogP contribution in [-0.2, 0) is 27.5 Å². The zero-order valence-electron chi connectivity index (χ0n) is 27.4. The van der Waals surface area contributed by atoms with Gasteiger partial charge in [0.15, 0.2) is 31.4 Å². The normalized spacial score (nSPS) is 30.1. The molecule has 0 spiro atoms. The molecule has 4 atom stereocenters. The molecule has 0 saturated carbocycles. The molecule has 0 aromatic heterocycles. The van der Waals surface area contributed by atoms with Crippen LogP contribution in [0.15, 0.2) is 142 Å². The van der Waals surface area contributed by atoms with Crippen LogP contribution in [0.5, 0.6) is 0 Å². The van der Waals surface area contributed by atoms with Gasteiger partial charge in [0.05, 0.1) is 0 Å². The van der Waals surface area contributed by atoms with Gasteiger partial charge in [0.25, 0.3) is 0 Å². The number of hydrogen-bond donors (Lipinski definition) is 2. The van der Waals surface area contributed by atoms with Gasteiger partial charge in [-0.25, -0.2) is 0 Å². The molecule has 4 heterocycles. The quantitative estimate of drug-likeness (QED) is 0.264. The standard InChI is InChI=1S/C39H24N8O4S2/c40-19-28-32(42)50-38-26-17-9-7-15-24(26)30(48)36(28,38)52-34(46(38)21-22-11-3-1-4-12-22)44-45-35-47(23-13-5-2-6-14-23)39-27-18-10-8-16-25(27)31(49)37(39,53-35)29(20-41)33(43)51-39/h1-18H,21,42-43H2/b44-34+,45-35?/t36-,37-,38-,39-/m1/s1. The third kappa shape index (κ3) is 3.43. The molecule has 6 aliphatic rings. The maximum atomic E-state index is 14.6. The van der Waals surface area contributed by atoms with Crippen LogP contribution in [0.4, 0.5) is 5.69 Å². The highest BCUT2D eigenvalue weighted by atomic mass is 32.2. The number of nitriles is 2. The molecule has 4 N–H and O–H groups in total. The van der Waals surface area contributed by atoms with Gasteiger partial charge in [-0.2, -0.15) is 10.5 Å². The van der Waals surface area contributed by atoms with Crippen molar-refractivity contribution in [2.45, 2.75) is 27.5 Å². The van der Waals surface area contributed by atoms with Gasteiger partial charge in [-0.05, 0) is 17.7 Å². The van der Waals surface area contributed by atoms with Crippen LogP contribution < -0.4 is 16.4 Å². The largest absolute Gasteiger partial charge is 0.445 e. The van der Waals surface area contributed by atoms with E-state index in [1.165, 1.54) is 0 Å². The lowest BCUT2D eigenvalue weighted by atomic mass is 9.88. The van der Waals surface area contributed by atoms with Crippen molar-refractivity contribution in [3.8, 4) is 12.1 Å². The number of ketones is 2. The van der Waals surface area contributed by atoms with E-state index in [2.05, 4.69) is 12.1 Å². The second-order valence-corrected chi connectivity index (χ2v) is 15.4. The Balaban J connectivity index is 1.21. The molecule has 2 aliphatic carbocycles. The molecule has 2 fully saturated rings. The minimum absolute atomic E-state index is 0.00233. The SMILES string of the molecule is N#CC1=C(N)O[C@]23c4ccccc4C(=O)[C@]12S/C(=N/N=C1S[C@]24C(=O)c5ccccc5[C@]2(OC(N)=C4C#N)N1c1ccccc1)N3Cc1ccccc1. The summed E-state index contributed by atoms with van der Waals surface area (Å²) >= 11 is 2.10. The smallest absolute Gasteiger partial charge is 0.245 e. The fourth-order valence-electron chi connectivity index (χ4n) is 8.60. The third-order valence-electron chi connectivity index (χ3n) is 10.6. The zero-order valence-corrected chi connectivity index (χ0v) is 29.0. The molecule has 53 heavy (non-hydrogen) atoms. The lowest BCUT2D eigenvalue weighted by molar-refractivity contribution is -0.0850. The van der Waals surface area contributed by atoms with E-state index in [-0.39, 0.29) is 51.4 Å². The Bertz CT molecular complexity index is 2580. The lowest BCUT2D eigenvalue weighted by Crippen LogP contribution is -2.54. The minimum atomic E-state index is -1.63. The summed E-state index contributed by atoms with van der Waals surface area (Å²) in [6.07, 6.45) is 0. The summed E-state index contributed by atoms with van der Waals surface area (Å²) in [6.45, 7) is 0.211. The van der Waals surface area contributed by atoms with Crippen molar-refractivity contribution in [2.75, 3.05) is 4.90 Å². The van der Waals surface area contributed by atoms with Gasteiger partial charge < -0.3 is 25.8 Å². The number of para-hydroxylation sites is 1. The van der Waals surface area contributed by atoms with Crippen molar-refractivity contribution < 1.29 is 19.1 Å². The first-order valence-corrected chi connectivity index (χ1v) is 18.1. The molecule has 4 aromatic rings. The van der Waals surface area contributed by atoms with Gasteiger partial charge in [-0.1, -0.05) is 121 Å². The fourth-order valence-corrected chi connectivity index (χ4v) is 11.6. The predicted molar refractivity (Wildman–Crippen MR) is 197 cm³/mol. The molecule has 256 valence electrons. The average Bonchev–Trinajstić information content (AvgIpc) is 3.89. The van der Waals surface area contributed by atoms with E-state index >= 15 is 0 Å². The Hall–Kier alpha value is -6.48. The lowest BCUT2D eigenvalue weighted by Gasteiger charge is -2.38. The Labute approximate surface area is 310 Å². The Kier molecular flexibility index (Phi) is 6.22. The number of anilines is 1. The second kappa shape index (κ2) is 10.5. The average molecular weight is 733 g/mol. The minimum Gasteiger partial charge on any atom is -0.445 e. The van der Waals surface area contributed by atoms with Crippen LogP contribution in [0.25, 0.3) is 0 Å². The van der Waals surface area contributed by atoms with Crippen molar-refractivity contribution >= 4 is 51.1 Å².